The quantitative estimate of drug-likeness (QED) is 0.813. The van der Waals surface area contributed by atoms with Crippen LogP contribution < -0.4 is 5.32 Å². The molecule has 1 saturated carbocycles. The Balaban J connectivity index is 1.87. The van der Waals surface area contributed by atoms with Gasteiger partial charge in [-0.2, -0.15) is 5.10 Å². The van der Waals surface area contributed by atoms with Crippen molar-refractivity contribution in [3.63, 3.8) is 0 Å². The summed E-state index contributed by atoms with van der Waals surface area (Å²) < 4.78 is 0. The normalized spacial score (nSPS) is 17.1. The molecule has 2 N–H and O–H groups in total. The van der Waals surface area contributed by atoms with Crippen molar-refractivity contribution in [3.05, 3.63) is 17.5 Å². The van der Waals surface area contributed by atoms with Crippen LogP contribution in [-0.2, 0) is 0 Å². The van der Waals surface area contributed by atoms with Crippen LogP contribution in [0.2, 0.25) is 0 Å². The number of hydrogen-bond acceptors (Lipinski definition) is 2. The molecule has 1 aliphatic carbocycles. The van der Waals surface area contributed by atoms with Crippen molar-refractivity contribution >= 4 is 21.8 Å². The number of carbonyl (C=O) groups excluding carboxylic acids is 1. The van der Waals surface area contributed by atoms with Crippen molar-refractivity contribution in [2.24, 2.45) is 5.41 Å². The van der Waals surface area contributed by atoms with Gasteiger partial charge in [-0.3, -0.25) is 9.89 Å². The average molecular weight is 286 g/mol. The molecule has 0 unspecified atom stereocenters. The summed E-state index contributed by atoms with van der Waals surface area (Å²) in [6.45, 7) is 2.63. The summed E-state index contributed by atoms with van der Waals surface area (Å²) in [6.07, 6.45) is 5.17. The summed E-state index contributed by atoms with van der Waals surface area (Å²) in [5, 5.41) is 10.6. The van der Waals surface area contributed by atoms with Gasteiger partial charge >= 0.3 is 0 Å². The lowest BCUT2D eigenvalue weighted by Crippen LogP contribution is -2.30. The lowest BCUT2D eigenvalue weighted by Gasteiger charge is -2.14. The number of amides is 1. The summed E-state index contributed by atoms with van der Waals surface area (Å²) in [5.41, 5.74) is 1.83. The zero-order chi connectivity index (χ0) is 11.6. The number of nitrogens with zero attached hydrogens (tertiary/aromatic N) is 1. The zero-order valence-corrected chi connectivity index (χ0v) is 10.9. The Labute approximate surface area is 103 Å². The van der Waals surface area contributed by atoms with E-state index in [1.165, 1.54) is 12.8 Å². The fraction of sp³-hybridized carbons (Fsp3) is 0.636. The van der Waals surface area contributed by atoms with E-state index in [1.807, 2.05) is 6.92 Å². The second-order valence-corrected chi connectivity index (χ2v) is 5.32. The number of aromatic amines is 1. The molecule has 0 saturated heterocycles. The summed E-state index contributed by atoms with van der Waals surface area (Å²) in [4.78, 5) is 11.8. The Hall–Kier alpha value is -0.840. The standard InChI is InChI=1S/C11H16BrN3O/c1-8-9(6-14-15-8)10(16)13-7-11(2-3-11)4-5-12/h6H,2-5,7H2,1H3,(H,13,16)(H,14,15). The molecular weight excluding hydrogens is 270 g/mol. The highest BCUT2D eigenvalue weighted by Crippen LogP contribution is 2.48. The van der Waals surface area contributed by atoms with Crippen LogP contribution in [0, 0.1) is 12.3 Å². The molecule has 2 rings (SSSR count). The highest BCUT2D eigenvalue weighted by atomic mass is 79.9. The van der Waals surface area contributed by atoms with Gasteiger partial charge in [-0.1, -0.05) is 15.9 Å². The fourth-order valence-corrected chi connectivity index (χ4v) is 2.68. The van der Waals surface area contributed by atoms with E-state index in [0.29, 0.717) is 11.0 Å². The van der Waals surface area contributed by atoms with Gasteiger partial charge in [-0.05, 0) is 31.6 Å². The molecule has 0 aromatic carbocycles. The predicted octanol–water partition coefficient (Wildman–Crippen LogP) is 2.01. The molecule has 1 aromatic rings. The average Bonchev–Trinajstić information content (AvgIpc) is 2.89. The zero-order valence-electron chi connectivity index (χ0n) is 9.35. The Morgan fingerprint density at radius 2 is 2.44 bits per heavy atom. The second-order valence-electron chi connectivity index (χ2n) is 4.53. The van der Waals surface area contributed by atoms with Gasteiger partial charge in [0, 0.05) is 17.6 Å². The van der Waals surface area contributed by atoms with Gasteiger partial charge in [0.15, 0.2) is 0 Å². The number of halogens is 1. The molecule has 1 aromatic heterocycles. The summed E-state index contributed by atoms with van der Waals surface area (Å²) in [7, 11) is 0. The SMILES string of the molecule is Cc1[nH]ncc1C(=O)NCC1(CCBr)CC1. The molecule has 88 valence electrons. The van der Waals surface area contributed by atoms with Crippen molar-refractivity contribution in [2.45, 2.75) is 26.2 Å². The first-order valence-corrected chi connectivity index (χ1v) is 6.63. The topological polar surface area (TPSA) is 57.8 Å². The molecule has 16 heavy (non-hydrogen) atoms. The van der Waals surface area contributed by atoms with Gasteiger partial charge in [-0.15, -0.1) is 0 Å². The van der Waals surface area contributed by atoms with E-state index in [1.54, 1.807) is 6.20 Å². The van der Waals surface area contributed by atoms with Gasteiger partial charge in [0.1, 0.15) is 0 Å². The lowest BCUT2D eigenvalue weighted by molar-refractivity contribution is 0.0944. The van der Waals surface area contributed by atoms with Crippen molar-refractivity contribution in [1.82, 2.24) is 15.5 Å². The third-order valence-corrected chi connectivity index (χ3v) is 3.68. The van der Waals surface area contributed by atoms with E-state index in [0.717, 1.165) is 24.0 Å². The van der Waals surface area contributed by atoms with E-state index < -0.39 is 0 Å². The van der Waals surface area contributed by atoms with Crippen LogP contribution in [0.4, 0.5) is 0 Å². The third-order valence-electron chi connectivity index (χ3n) is 3.28. The van der Waals surface area contributed by atoms with Crippen LogP contribution in [0.25, 0.3) is 0 Å². The molecule has 5 heteroatoms. The van der Waals surface area contributed by atoms with Crippen LogP contribution in [0.1, 0.15) is 35.3 Å². The minimum Gasteiger partial charge on any atom is -0.351 e. The fourth-order valence-electron chi connectivity index (χ4n) is 1.84. The smallest absolute Gasteiger partial charge is 0.254 e. The molecule has 1 heterocycles. The molecule has 1 amide bonds. The first-order valence-electron chi connectivity index (χ1n) is 5.51. The molecule has 0 bridgehead atoms. The minimum atomic E-state index is -0.0212. The van der Waals surface area contributed by atoms with Gasteiger partial charge in [-0.25, -0.2) is 0 Å². The Morgan fingerprint density at radius 1 is 1.69 bits per heavy atom. The van der Waals surface area contributed by atoms with E-state index >= 15 is 0 Å². The second kappa shape index (κ2) is 4.57. The van der Waals surface area contributed by atoms with Crippen LogP contribution in [-0.4, -0.2) is 28.0 Å². The number of carbonyl (C=O) groups is 1. The number of alkyl halides is 1. The monoisotopic (exact) mass is 285 g/mol. The minimum absolute atomic E-state index is 0.0212. The maximum atomic E-state index is 11.8. The Bertz CT molecular complexity index is 384. The van der Waals surface area contributed by atoms with Crippen molar-refractivity contribution < 1.29 is 4.79 Å². The number of hydrogen-bond donors (Lipinski definition) is 2. The molecule has 4 nitrogen and oxygen atoms in total. The van der Waals surface area contributed by atoms with Gasteiger partial charge in [0.05, 0.1) is 11.8 Å². The van der Waals surface area contributed by atoms with E-state index in [9.17, 15) is 4.79 Å². The molecular formula is C11H16BrN3O. The van der Waals surface area contributed by atoms with Crippen LogP contribution in [0.3, 0.4) is 0 Å². The van der Waals surface area contributed by atoms with Crippen molar-refractivity contribution in [1.29, 1.82) is 0 Å². The highest BCUT2D eigenvalue weighted by Gasteiger charge is 2.41. The van der Waals surface area contributed by atoms with Crippen LogP contribution in [0.15, 0.2) is 6.20 Å². The Morgan fingerprint density at radius 3 is 2.94 bits per heavy atom. The predicted molar refractivity (Wildman–Crippen MR) is 65.7 cm³/mol. The van der Waals surface area contributed by atoms with E-state index in [4.69, 9.17) is 0 Å². The number of H-pyrrole nitrogens is 1. The molecule has 0 spiro atoms. The van der Waals surface area contributed by atoms with Gasteiger partial charge < -0.3 is 5.32 Å². The molecule has 0 atom stereocenters. The summed E-state index contributed by atoms with van der Waals surface area (Å²) in [6, 6.07) is 0. The molecule has 1 aliphatic rings. The summed E-state index contributed by atoms with van der Waals surface area (Å²) in [5.74, 6) is -0.0212. The lowest BCUT2D eigenvalue weighted by atomic mass is 10.0. The van der Waals surface area contributed by atoms with Crippen LogP contribution in [0.5, 0.6) is 0 Å². The maximum absolute atomic E-state index is 11.8. The largest absolute Gasteiger partial charge is 0.351 e. The number of aromatic nitrogens is 2. The van der Waals surface area contributed by atoms with Gasteiger partial charge in [0.25, 0.3) is 5.91 Å². The molecule has 0 radical (unpaired) electrons. The number of nitrogens with one attached hydrogen (secondary N) is 2. The highest BCUT2D eigenvalue weighted by molar-refractivity contribution is 9.09. The third kappa shape index (κ3) is 2.45. The van der Waals surface area contributed by atoms with Crippen LogP contribution >= 0.6 is 15.9 Å². The Kier molecular flexibility index (Phi) is 3.33. The maximum Gasteiger partial charge on any atom is 0.254 e. The summed E-state index contributed by atoms with van der Waals surface area (Å²) >= 11 is 3.45. The number of rotatable bonds is 5. The van der Waals surface area contributed by atoms with E-state index in [2.05, 4.69) is 31.4 Å². The van der Waals surface area contributed by atoms with Crippen molar-refractivity contribution in [3.8, 4) is 0 Å². The first kappa shape index (κ1) is 11.6. The number of aryl methyl sites for hydroxylation is 1. The first-order chi connectivity index (χ1) is 7.67. The van der Waals surface area contributed by atoms with Gasteiger partial charge in [0.2, 0.25) is 0 Å². The van der Waals surface area contributed by atoms with E-state index in [-0.39, 0.29) is 5.91 Å². The molecule has 0 aliphatic heterocycles. The molecule has 1 fully saturated rings. The van der Waals surface area contributed by atoms with Crippen molar-refractivity contribution in [2.75, 3.05) is 11.9 Å².